The molecular weight excluding hydrogens is 346 g/mol. The van der Waals surface area contributed by atoms with Crippen molar-refractivity contribution in [3.63, 3.8) is 0 Å². The van der Waals surface area contributed by atoms with Crippen LogP contribution in [0.3, 0.4) is 0 Å². The van der Waals surface area contributed by atoms with Gasteiger partial charge in [-0.1, -0.05) is 36.4 Å². The van der Waals surface area contributed by atoms with Crippen molar-refractivity contribution in [2.24, 2.45) is 0 Å². The highest BCUT2D eigenvalue weighted by Crippen LogP contribution is 2.35. The van der Waals surface area contributed by atoms with Crippen LogP contribution in [0.15, 0.2) is 60.9 Å². The van der Waals surface area contributed by atoms with Gasteiger partial charge in [-0.25, -0.2) is 9.97 Å². The minimum absolute atomic E-state index is 0.288. The summed E-state index contributed by atoms with van der Waals surface area (Å²) in [6.07, 6.45) is 1.61. The van der Waals surface area contributed by atoms with Crippen LogP contribution in [-0.4, -0.2) is 16.8 Å². The van der Waals surface area contributed by atoms with E-state index in [4.69, 9.17) is 9.47 Å². The Kier molecular flexibility index (Phi) is 3.68. The molecule has 0 aliphatic carbocycles. The number of nitrogens with one attached hydrogen (secondary N) is 1. The molecular formula is C20H15N3O2S. The molecule has 0 saturated carbocycles. The first kappa shape index (κ1) is 15.2. The number of fused-ring (bicyclic) bond motifs is 2. The molecule has 0 unspecified atom stereocenters. The zero-order valence-electron chi connectivity index (χ0n) is 13.8. The first-order chi connectivity index (χ1) is 12.9. The molecule has 5 rings (SSSR count). The third-order valence-corrected chi connectivity index (χ3v) is 5.38. The summed E-state index contributed by atoms with van der Waals surface area (Å²) < 4.78 is 10.8. The molecule has 3 heterocycles. The number of benzene rings is 2. The number of aromatic nitrogens is 2. The van der Waals surface area contributed by atoms with Crippen molar-refractivity contribution in [2.45, 2.75) is 6.54 Å². The van der Waals surface area contributed by atoms with Gasteiger partial charge in [0.1, 0.15) is 17.0 Å². The molecule has 2 aromatic heterocycles. The summed E-state index contributed by atoms with van der Waals surface area (Å²) in [4.78, 5) is 11.0. The van der Waals surface area contributed by atoms with Gasteiger partial charge in [-0.3, -0.25) is 0 Å². The third kappa shape index (κ3) is 2.74. The molecule has 1 aliphatic rings. The Morgan fingerprint density at radius 3 is 2.77 bits per heavy atom. The molecule has 128 valence electrons. The van der Waals surface area contributed by atoms with Crippen LogP contribution < -0.4 is 14.8 Å². The Morgan fingerprint density at radius 1 is 0.962 bits per heavy atom. The number of nitrogens with zero attached hydrogens (tertiary/aromatic N) is 2. The van der Waals surface area contributed by atoms with Crippen LogP contribution in [0.2, 0.25) is 0 Å². The normalized spacial score (nSPS) is 12.5. The van der Waals surface area contributed by atoms with Gasteiger partial charge in [-0.2, -0.15) is 0 Å². The Hall–Kier alpha value is -3.12. The Labute approximate surface area is 154 Å². The summed E-state index contributed by atoms with van der Waals surface area (Å²) in [5, 5.41) is 4.46. The van der Waals surface area contributed by atoms with Crippen molar-refractivity contribution in [1.29, 1.82) is 0 Å². The van der Waals surface area contributed by atoms with E-state index in [1.54, 1.807) is 17.7 Å². The molecule has 1 aliphatic heterocycles. The molecule has 0 fully saturated rings. The summed E-state index contributed by atoms with van der Waals surface area (Å²) in [5.74, 6) is 2.42. The fourth-order valence-corrected chi connectivity index (χ4v) is 3.98. The van der Waals surface area contributed by atoms with Crippen molar-refractivity contribution >= 4 is 27.4 Å². The summed E-state index contributed by atoms with van der Waals surface area (Å²) in [5.41, 5.74) is 2.30. The molecule has 5 nitrogen and oxygen atoms in total. The van der Waals surface area contributed by atoms with Crippen LogP contribution in [-0.2, 0) is 6.54 Å². The lowest BCUT2D eigenvalue weighted by atomic mass is 10.2. The number of hydrogen-bond acceptors (Lipinski definition) is 6. The molecule has 0 amide bonds. The molecule has 0 bridgehead atoms. The number of rotatable bonds is 4. The third-order valence-electron chi connectivity index (χ3n) is 4.28. The second-order valence-corrected chi connectivity index (χ2v) is 6.99. The fraction of sp³-hybridized carbons (Fsp3) is 0.100. The lowest BCUT2D eigenvalue weighted by Gasteiger charge is -2.07. The minimum atomic E-state index is 0.288. The van der Waals surface area contributed by atoms with E-state index in [9.17, 15) is 0 Å². The number of hydrogen-bond donors (Lipinski definition) is 1. The largest absolute Gasteiger partial charge is 0.454 e. The molecule has 6 heteroatoms. The van der Waals surface area contributed by atoms with Gasteiger partial charge in [0.25, 0.3) is 0 Å². The van der Waals surface area contributed by atoms with Gasteiger partial charge < -0.3 is 14.8 Å². The van der Waals surface area contributed by atoms with Crippen molar-refractivity contribution in [3.05, 3.63) is 66.5 Å². The first-order valence-corrected chi connectivity index (χ1v) is 9.11. The van der Waals surface area contributed by atoms with E-state index in [-0.39, 0.29) is 6.79 Å². The Bertz CT molecular complexity index is 1080. The summed E-state index contributed by atoms with van der Waals surface area (Å²) in [6.45, 7) is 0.940. The van der Waals surface area contributed by atoms with E-state index in [2.05, 4.69) is 33.5 Å². The predicted octanol–water partition coefficient (Wildman–Crippen LogP) is 4.70. The van der Waals surface area contributed by atoms with Gasteiger partial charge in [0.2, 0.25) is 6.79 Å². The zero-order valence-corrected chi connectivity index (χ0v) is 14.6. The smallest absolute Gasteiger partial charge is 0.231 e. The Balaban J connectivity index is 1.43. The van der Waals surface area contributed by atoms with Crippen LogP contribution in [0.1, 0.15) is 5.56 Å². The zero-order chi connectivity index (χ0) is 17.3. The predicted molar refractivity (Wildman–Crippen MR) is 103 cm³/mol. The summed E-state index contributed by atoms with van der Waals surface area (Å²) in [7, 11) is 0. The van der Waals surface area contributed by atoms with E-state index in [1.165, 1.54) is 10.4 Å². The number of thiophene rings is 1. The van der Waals surface area contributed by atoms with Crippen LogP contribution in [0.25, 0.3) is 20.7 Å². The van der Waals surface area contributed by atoms with E-state index in [0.29, 0.717) is 6.54 Å². The van der Waals surface area contributed by atoms with E-state index < -0.39 is 0 Å². The van der Waals surface area contributed by atoms with Gasteiger partial charge in [0.05, 0.1) is 5.39 Å². The van der Waals surface area contributed by atoms with Crippen LogP contribution in [0, 0.1) is 0 Å². The van der Waals surface area contributed by atoms with Crippen LogP contribution in [0.5, 0.6) is 11.5 Å². The SMILES string of the molecule is c1ccc(-c2cc3c(NCc4ccc5c(c4)OCO5)ncnc3s2)cc1. The number of ether oxygens (including phenoxy) is 2. The lowest BCUT2D eigenvalue weighted by Crippen LogP contribution is -2.01. The molecule has 0 atom stereocenters. The average molecular weight is 361 g/mol. The number of anilines is 1. The quantitative estimate of drug-likeness (QED) is 0.571. The summed E-state index contributed by atoms with van der Waals surface area (Å²) in [6, 6.07) is 18.4. The minimum Gasteiger partial charge on any atom is -0.454 e. The molecule has 4 aromatic rings. The average Bonchev–Trinajstić information content (AvgIpc) is 3.33. The molecule has 0 spiro atoms. The molecule has 1 N–H and O–H groups in total. The highest BCUT2D eigenvalue weighted by Gasteiger charge is 2.14. The van der Waals surface area contributed by atoms with E-state index in [0.717, 1.165) is 33.1 Å². The molecule has 2 aromatic carbocycles. The maximum absolute atomic E-state index is 5.44. The van der Waals surface area contributed by atoms with Gasteiger partial charge in [-0.15, -0.1) is 11.3 Å². The van der Waals surface area contributed by atoms with Crippen molar-refractivity contribution in [2.75, 3.05) is 12.1 Å². The highest BCUT2D eigenvalue weighted by atomic mass is 32.1. The second-order valence-electron chi connectivity index (χ2n) is 5.96. The van der Waals surface area contributed by atoms with Gasteiger partial charge >= 0.3 is 0 Å². The van der Waals surface area contributed by atoms with Crippen molar-refractivity contribution < 1.29 is 9.47 Å². The lowest BCUT2D eigenvalue weighted by molar-refractivity contribution is 0.174. The van der Waals surface area contributed by atoms with Gasteiger partial charge in [0, 0.05) is 11.4 Å². The van der Waals surface area contributed by atoms with E-state index in [1.807, 2.05) is 36.4 Å². The molecule has 0 radical (unpaired) electrons. The second kappa shape index (κ2) is 6.31. The van der Waals surface area contributed by atoms with Crippen LogP contribution in [0.4, 0.5) is 5.82 Å². The standard InChI is InChI=1S/C20H15N3O2S/c1-2-4-14(5-3-1)18-9-15-19(22-11-23-20(15)26-18)21-10-13-6-7-16-17(8-13)25-12-24-16/h1-9,11H,10,12H2,(H,21,22,23). The topological polar surface area (TPSA) is 56.3 Å². The maximum atomic E-state index is 5.44. The fourth-order valence-electron chi connectivity index (χ4n) is 2.98. The molecule has 0 saturated heterocycles. The monoisotopic (exact) mass is 361 g/mol. The van der Waals surface area contributed by atoms with Gasteiger partial charge in [-0.05, 0) is 29.3 Å². The van der Waals surface area contributed by atoms with Crippen LogP contribution >= 0.6 is 11.3 Å². The van der Waals surface area contributed by atoms with E-state index >= 15 is 0 Å². The summed E-state index contributed by atoms with van der Waals surface area (Å²) >= 11 is 1.67. The first-order valence-electron chi connectivity index (χ1n) is 8.29. The molecule has 26 heavy (non-hydrogen) atoms. The maximum Gasteiger partial charge on any atom is 0.231 e. The highest BCUT2D eigenvalue weighted by molar-refractivity contribution is 7.21. The van der Waals surface area contributed by atoms with Gasteiger partial charge in [0.15, 0.2) is 11.5 Å². The van der Waals surface area contributed by atoms with Crippen molar-refractivity contribution in [3.8, 4) is 21.9 Å². The van der Waals surface area contributed by atoms with Crippen molar-refractivity contribution in [1.82, 2.24) is 9.97 Å². The Morgan fingerprint density at radius 2 is 1.85 bits per heavy atom.